The summed E-state index contributed by atoms with van der Waals surface area (Å²) >= 11 is 0. The summed E-state index contributed by atoms with van der Waals surface area (Å²) in [6.45, 7) is 0. The Morgan fingerprint density at radius 3 is 2.62 bits per heavy atom. The second kappa shape index (κ2) is 4.77. The van der Waals surface area contributed by atoms with Crippen molar-refractivity contribution in [2.45, 2.75) is 18.4 Å². The average molecular weight is 276 g/mol. The number of benzene rings is 2. The third kappa shape index (κ3) is 2.31. The smallest absolute Gasteiger partial charge is 0.267 e. The zero-order valence-corrected chi connectivity index (χ0v) is 11.5. The van der Waals surface area contributed by atoms with E-state index in [1.807, 2.05) is 48.5 Å². The van der Waals surface area contributed by atoms with Gasteiger partial charge in [0.15, 0.2) is 0 Å². The molecule has 3 aromatic rings. The molecule has 2 atom stereocenters. The highest BCUT2D eigenvalue weighted by molar-refractivity contribution is 5.98. The van der Waals surface area contributed by atoms with E-state index in [2.05, 4.69) is 22.4 Å². The van der Waals surface area contributed by atoms with Crippen molar-refractivity contribution in [2.75, 3.05) is 0 Å². The number of hydrogen-bond acceptors (Lipinski definition) is 1. The predicted molar refractivity (Wildman–Crippen MR) is 83.4 cm³/mol. The standard InChI is InChI=1S/C18H16N2O/c21-18(17-10-13-8-4-5-9-15(13)19-17)20-16-11-14(16)12-6-2-1-3-7-12/h1-10,14,16,19H,11H2,(H,20,21). The summed E-state index contributed by atoms with van der Waals surface area (Å²) in [4.78, 5) is 15.5. The number of nitrogens with one attached hydrogen (secondary N) is 2. The van der Waals surface area contributed by atoms with Crippen LogP contribution in [-0.2, 0) is 0 Å². The van der Waals surface area contributed by atoms with Gasteiger partial charge in [-0.25, -0.2) is 0 Å². The first-order chi connectivity index (χ1) is 10.3. The van der Waals surface area contributed by atoms with Gasteiger partial charge in [-0.05, 0) is 24.1 Å². The van der Waals surface area contributed by atoms with E-state index in [1.165, 1.54) is 5.56 Å². The Hall–Kier alpha value is -2.55. The van der Waals surface area contributed by atoms with E-state index in [0.717, 1.165) is 17.3 Å². The van der Waals surface area contributed by atoms with Gasteiger partial charge in [0.05, 0.1) is 0 Å². The molecule has 2 N–H and O–H groups in total. The van der Waals surface area contributed by atoms with Gasteiger partial charge in [0, 0.05) is 22.9 Å². The zero-order chi connectivity index (χ0) is 14.2. The molecule has 3 heteroatoms. The number of carbonyl (C=O) groups excluding carboxylic acids is 1. The van der Waals surface area contributed by atoms with Crippen molar-refractivity contribution in [1.82, 2.24) is 10.3 Å². The fraction of sp³-hybridized carbons (Fsp3) is 0.167. The van der Waals surface area contributed by atoms with Crippen LogP contribution in [0.3, 0.4) is 0 Å². The molecule has 1 saturated carbocycles. The number of rotatable bonds is 3. The number of aromatic nitrogens is 1. The van der Waals surface area contributed by atoms with Crippen LogP contribution >= 0.6 is 0 Å². The molecule has 1 aromatic heterocycles. The molecule has 21 heavy (non-hydrogen) atoms. The summed E-state index contributed by atoms with van der Waals surface area (Å²) in [7, 11) is 0. The van der Waals surface area contributed by atoms with Crippen molar-refractivity contribution in [3.63, 3.8) is 0 Å². The van der Waals surface area contributed by atoms with Crippen molar-refractivity contribution < 1.29 is 4.79 Å². The second-order valence-electron chi connectivity index (χ2n) is 5.60. The molecule has 1 fully saturated rings. The summed E-state index contributed by atoms with van der Waals surface area (Å²) in [6.07, 6.45) is 1.02. The quantitative estimate of drug-likeness (QED) is 0.756. The van der Waals surface area contributed by atoms with Gasteiger partial charge in [0.2, 0.25) is 0 Å². The SMILES string of the molecule is O=C(NC1CC1c1ccccc1)c1cc2ccccc2[nH]1. The van der Waals surface area contributed by atoms with Crippen LogP contribution in [0.5, 0.6) is 0 Å². The van der Waals surface area contributed by atoms with E-state index in [4.69, 9.17) is 0 Å². The molecular weight excluding hydrogens is 260 g/mol. The summed E-state index contributed by atoms with van der Waals surface area (Å²) in [6, 6.07) is 20.5. The molecule has 1 heterocycles. The second-order valence-corrected chi connectivity index (χ2v) is 5.60. The van der Waals surface area contributed by atoms with Crippen LogP contribution < -0.4 is 5.32 Å². The van der Waals surface area contributed by atoms with Gasteiger partial charge in [0.25, 0.3) is 5.91 Å². The minimum absolute atomic E-state index is 0.0189. The van der Waals surface area contributed by atoms with Crippen LogP contribution in [0.25, 0.3) is 10.9 Å². The number of aromatic amines is 1. The van der Waals surface area contributed by atoms with Gasteiger partial charge >= 0.3 is 0 Å². The Labute approximate surface area is 123 Å². The summed E-state index contributed by atoms with van der Waals surface area (Å²) < 4.78 is 0. The number of fused-ring (bicyclic) bond motifs is 1. The van der Waals surface area contributed by atoms with Gasteiger partial charge in [-0.15, -0.1) is 0 Å². The first-order valence-electron chi connectivity index (χ1n) is 7.25. The lowest BCUT2D eigenvalue weighted by molar-refractivity contribution is 0.0946. The summed E-state index contributed by atoms with van der Waals surface area (Å²) in [5, 5.41) is 4.18. The minimum atomic E-state index is -0.0189. The Balaban J connectivity index is 1.47. The van der Waals surface area contributed by atoms with E-state index in [0.29, 0.717) is 11.6 Å². The van der Waals surface area contributed by atoms with Gasteiger partial charge in [-0.2, -0.15) is 0 Å². The van der Waals surface area contributed by atoms with Crippen molar-refractivity contribution in [3.05, 3.63) is 71.9 Å². The van der Waals surface area contributed by atoms with Gasteiger partial charge in [-0.1, -0.05) is 48.5 Å². The maximum absolute atomic E-state index is 12.3. The summed E-state index contributed by atoms with van der Waals surface area (Å²) in [5.41, 5.74) is 2.94. The topological polar surface area (TPSA) is 44.9 Å². The Bertz CT molecular complexity index is 758. The molecule has 1 amide bonds. The molecule has 2 unspecified atom stereocenters. The maximum Gasteiger partial charge on any atom is 0.267 e. The van der Waals surface area contributed by atoms with E-state index >= 15 is 0 Å². The van der Waals surface area contributed by atoms with Gasteiger partial charge < -0.3 is 10.3 Å². The number of carbonyl (C=O) groups is 1. The van der Waals surface area contributed by atoms with Crippen molar-refractivity contribution in [3.8, 4) is 0 Å². The number of hydrogen-bond donors (Lipinski definition) is 2. The molecule has 0 saturated heterocycles. The highest BCUT2D eigenvalue weighted by atomic mass is 16.2. The monoisotopic (exact) mass is 276 g/mol. The van der Waals surface area contributed by atoms with Gasteiger partial charge in [0.1, 0.15) is 5.69 Å². The van der Waals surface area contributed by atoms with Crippen LogP contribution in [0.1, 0.15) is 28.4 Å². The zero-order valence-electron chi connectivity index (χ0n) is 11.5. The fourth-order valence-electron chi connectivity index (χ4n) is 2.86. The molecular formula is C18H16N2O. The molecule has 104 valence electrons. The Morgan fingerprint density at radius 2 is 1.81 bits per heavy atom. The van der Waals surface area contributed by atoms with Crippen molar-refractivity contribution >= 4 is 16.8 Å². The summed E-state index contributed by atoms with van der Waals surface area (Å²) in [5.74, 6) is 0.439. The Morgan fingerprint density at radius 1 is 1.05 bits per heavy atom. The molecule has 1 aliphatic carbocycles. The maximum atomic E-state index is 12.3. The van der Waals surface area contributed by atoms with Crippen molar-refractivity contribution in [1.29, 1.82) is 0 Å². The highest BCUT2D eigenvalue weighted by Gasteiger charge is 2.39. The lowest BCUT2D eigenvalue weighted by atomic mass is 10.1. The van der Waals surface area contributed by atoms with Crippen LogP contribution in [0.2, 0.25) is 0 Å². The van der Waals surface area contributed by atoms with Crippen LogP contribution in [0.15, 0.2) is 60.7 Å². The van der Waals surface area contributed by atoms with Gasteiger partial charge in [-0.3, -0.25) is 4.79 Å². The van der Waals surface area contributed by atoms with Crippen LogP contribution in [-0.4, -0.2) is 16.9 Å². The molecule has 1 aliphatic rings. The molecule has 4 rings (SSSR count). The molecule has 0 spiro atoms. The molecule has 2 aromatic carbocycles. The molecule has 0 radical (unpaired) electrons. The molecule has 0 aliphatic heterocycles. The predicted octanol–water partition coefficient (Wildman–Crippen LogP) is 3.45. The largest absolute Gasteiger partial charge is 0.351 e. The van der Waals surface area contributed by atoms with E-state index < -0.39 is 0 Å². The van der Waals surface area contributed by atoms with Crippen LogP contribution in [0.4, 0.5) is 0 Å². The lowest BCUT2D eigenvalue weighted by Crippen LogP contribution is -2.26. The van der Waals surface area contributed by atoms with E-state index in [-0.39, 0.29) is 11.9 Å². The normalized spacial score (nSPS) is 20.4. The third-order valence-corrected chi connectivity index (χ3v) is 4.11. The van der Waals surface area contributed by atoms with Crippen molar-refractivity contribution in [2.24, 2.45) is 0 Å². The third-order valence-electron chi connectivity index (χ3n) is 4.11. The Kier molecular flexibility index (Phi) is 2.78. The highest BCUT2D eigenvalue weighted by Crippen LogP contribution is 2.40. The van der Waals surface area contributed by atoms with Crippen LogP contribution in [0, 0.1) is 0 Å². The minimum Gasteiger partial charge on any atom is -0.351 e. The number of amides is 1. The first-order valence-corrected chi connectivity index (χ1v) is 7.25. The molecule has 3 nitrogen and oxygen atoms in total. The number of para-hydroxylation sites is 1. The fourth-order valence-corrected chi connectivity index (χ4v) is 2.86. The van der Waals surface area contributed by atoms with E-state index in [9.17, 15) is 4.79 Å². The average Bonchev–Trinajstić information content (AvgIpc) is 3.14. The first kappa shape index (κ1) is 12.2. The number of H-pyrrole nitrogens is 1. The molecule has 0 bridgehead atoms. The lowest BCUT2D eigenvalue weighted by Gasteiger charge is -2.03. The van der Waals surface area contributed by atoms with E-state index in [1.54, 1.807) is 0 Å².